The Hall–Kier alpha value is -2.00. The Morgan fingerprint density at radius 1 is 1.25 bits per heavy atom. The number of rotatable bonds is 5. The van der Waals surface area contributed by atoms with E-state index in [9.17, 15) is 27.5 Å². The van der Waals surface area contributed by atoms with E-state index in [0.717, 1.165) is 12.1 Å². The predicted octanol–water partition coefficient (Wildman–Crippen LogP) is -0.519. The molecule has 1 aromatic rings. The molecule has 2 rings (SSSR count). The third kappa shape index (κ3) is 4.09. The van der Waals surface area contributed by atoms with E-state index in [0.29, 0.717) is 0 Å². The molecule has 1 aromatic carbocycles. The maximum atomic E-state index is 12.9. The number of hydrogen-bond acceptors (Lipinski definition) is 5. The lowest BCUT2D eigenvalue weighted by Gasteiger charge is -2.31. The quantitative estimate of drug-likeness (QED) is 0.763. The summed E-state index contributed by atoms with van der Waals surface area (Å²) in [6.07, 6.45) is 0.568. The number of carboxylic acids is 1. The van der Waals surface area contributed by atoms with Gasteiger partial charge < -0.3 is 15.2 Å². The Labute approximate surface area is 139 Å². The molecule has 0 spiro atoms. The molecule has 0 bridgehead atoms. The molecule has 132 valence electrons. The SMILES string of the molecule is C[C@H](NC(=O)C1CCN(S(=O)(=O)c2ccc(F)cc2)CC1)C(=O)[O-]. The van der Waals surface area contributed by atoms with Gasteiger partial charge in [0.15, 0.2) is 0 Å². The van der Waals surface area contributed by atoms with Crippen LogP contribution in [0.5, 0.6) is 0 Å². The maximum Gasteiger partial charge on any atom is 0.243 e. The third-order valence-electron chi connectivity index (χ3n) is 3.99. The minimum Gasteiger partial charge on any atom is -0.548 e. The summed E-state index contributed by atoms with van der Waals surface area (Å²) in [6.45, 7) is 1.58. The molecule has 0 aromatic heterocycles. The molecule has 1 amide bonds. The Kier molecular flexibility index (Phi) is 5.55. The van der Waals surface area contributed by atoms with E-state index < -0.39 is 39.7 Å². The summed E-state index contributed by atoms with van der Waals surface area (Å²) in [4.78, 5) is 22.6. The van der Waals surface area contributed by atoms with E-state index >= 15 is 0 Å². The molecular weight excluding hydrogens is 339 g/mol. The fourth-order valence-corrected chi connectivity index (χ4v) is 3.97. The van der Waals surface area contributed by atoms with Gasteiger partial charge in [0, 0.05) is 19.0 Å². The molecule has 0 saturated carbocycles. The minimum absolute atomic E-state index is 0.00243. The molecule has 9 heteroatoms. The van der Waals surface area contributed by atoms with Crippen LogP contribution in [-0.2, 0) is 19.6 Å². The van der Waals surface area contributed by atoms with Crippen LogP contribution in [0, 0.1) is 11.7 Å². The van der Waals surface area contributed by atoms with Crippen LogP contribution in [0.15, 0.2) is 29.2 Å². The molecule has 1 saturated heterocycles. The normalized spacial score (nSPS) is 18.1. The first kappa shape index (κ1) is 18.3. The van der Waals surface area contributed by atoms with Gasteiger partial charge in [-0.15, -0.1) is 0 Å². The fourth-order valence-electron chi connectivity index (χ4n) is 2.50. The maximum absolute atomic E-state index is 12.9. The molecule has 1 N–H and O–H groups in total. The second kappa shape index (κ2) is 7.27. The second-order valence-electron chi connectivity index (χ2n) is 5.68. The van der Waals surface area contributed by atoms with E-state index in [1.54, 1.807) is 0 Å². The molecule has 1 fully saturated rings. The summed E-state index contributed by atoms with van der Waals surface area (Å²) >= 11 is 0. The molecule has 0 unspecified atom stereocenters. The number of benzene rings is 1. The summed E-state index contributed by atoms with van der Waals surface area (Å²) in [5.41, 5.74) is 0. The fraction of sp³-hybridized carbons (Fsp3) is 0.467. The number of piperidine rings is 1. The van der Waals surface area contributed by atoms with Gasteiger partial charge in [-0.05, 0) is 44.0 Å². The minimum atomic E-state index is -3.73. The molecule has 1 heterocycles. The van der Waals surface area contributed by atoms with Gasteiger partial charge in [0.1, 0.15) is 5.82 Å². The van der Waals surface area contributed by atoms with Gasteiger partial charge in [0.05, 0.1) is 16.9 Å². The summed E-state index contributed by atoms with van der Waals surface area (Å²) < 4.78 is 39.1. The summed E-state index contributed by atoms with van der Waals surface area (Å²) in [6, 6.07) is 3.46. The number of nitrogens with zero attached hydrogens (tertiary/aromatic N) is 1. The van der Waals surface area contributed by atoms with Crippen molar-refractivity contribution in [3.8, 4) is 0 Å². The zero-order valence-electron chi connectivity index (χ0n) is 13.1. The monoisotopic (exact) mass is 357 g/mol. The third-order valence-corrected chi connectivity index (χ3v) is 5.90. The van der Waals surface area contributed by atoms with Crippen molar-refractivity contribution in [1.82, 2.24) is 9.62 Å². The van der Waals surface area contributed by atoms with Crippen molar-refractivity contribution in [3.05, 3.63) is 30.1 Å². The molecule has 7 nitrogen and oxygen atoms in total. The highest BCUT2D eigenvalue weighted by Gasteiger charge is 2.32. The topological polar surface area (TPSA) is 107 Å². The van der Waals surface area contributed by atoms with Gasteiger partial charge in [0.25, 0.3) is 0 Å². The number of carbonyl (C=O) groups is 2. The largest absolute Gasteiger partial charge is 0.548 e. The number of halogens is 1. The van der Waals surface area contributed by atoms with Crippen molar-refractivity contribution in [2.75, 3.05) is 13.1 Å². The average Bonchev–Trinajstić information content (AvgIpc) is 2.55. The summed E-state index contributed by atoms with van der Waals surface area (Å²) in [5.74, 6) is -2.77. The van der Waals surface area contributed by atoms with Crippen LogP contribution in [0.2, 0.25) is 0 Å². The van der Waals surface area contributed by atoms with Gasteiger partial charge in [-0.3, -0.25) is 4.79 Å². The van der Waals surface area contributed by atoms with E-state index in [1.165, 1.54) is 23.4 Å². The molecule has 24 heavy (non-hydrogen) atoms. The van der Waals surface area contributed by atoms with Crippen LogP contribution >= 0.6 is 0 Å². The highest BCUT2D eigenvalue weighted by Crippen LogP contribution is 2.24. The second-order valence-corrected chi connectivity index (χ2v) is 7.62. The number of hydrogen-bond donors (Lipinski definition) is 1. The number of nitrogens with one attached hydrogen (secondary N) is 1. The number of carboxylic acid groups (broad SMARTS) is 1. The predicted molar refractivity (Wildman–Crippen MR) is 80.5 cm³/mol. The van der Waals surface area contributed by atoms with E-state index in [2.05, 4.69) is 5.32 Å². The van der Waals surface area contributed by atoms with Gasteiger partial charge in [-0.1, -0.05) is 0 Å². The molecule has 1 aliphatic heterocycles. The van der Waals surface area contributed by atoms with Gasteiger partial charge in [0.2, 0.25) is 15.9 Å². The van der Waals surface area contributed by atoms with Crippen LogP contribution in [-0.4, -0.2) is 43.7 Å². The number of aliphatic carboxylic acids is 1. The lowest BCUT2D eigenvalue weighted by Crippen LogP contribution is -2.49. The van der Waals surface area contributed by atoms with Crippen molar-refractivity contribution in [3.63, 3.8) is 0 Å². The molecule has 0 radical (unpaired) electrons. The number of sulfonamides is 1. The molecule has 0 aliphatic carbocycles. The van der Waals surface area contributed by atoms with Gasteiger partial charge in [-0.25, -0.2) is 12.8 Å². The van der Waals surface area contributed by atoms with Crippen molar-refractivity contribution < 1.29 is 27.5 Å². The summed E-state index contributed by atoms with van der Waals surface area (Å²) in [7, 11) is -3.73. The number of carbonyl (C=O) groups excluding carboxylic acids is 2. The lowest BCUT2D eigenvalue weighted by molar-refractivity contribution is -0.307. The first-order chi connectivity index (χ1) is 11.2. The first-order valence-electron chi connectivity index (χ1n) is 7.49. The Morgan fingerprint density at radius 2 is 1.79 bits per heavy atom. The molecule has 1 aliphatic rings. The zero-order valence-corrected chi connectivity index (χ0v) is 13.9. The Bertz CT molecular complexity index is 712. The van der Waals surface area contributed by atoms with E-state index in [4.69, 9.17) is 0 Å². The Balaban J connectivity index is 1.98. The van der Waals surface area contributed by atoms with Gasteiger partial charge >= 0.3 is 0 Å². The van der Waals surface area contributed by atoms with Crippen molar-refractivity contribution in [1.29, 1.82) is 0 Å². The van der Waals surface area contributed by atoms with Crippen LogP contribution in [0.3, 0.4) is 0 Å². The van der Waals surface area contributed by atoms with Crippen LogP contribution in [0.1, 0.15) is 19.8 Å². The highest BCUT2D eigenvalue weighted by molar-refractivity contribution is 7.89. The highest BCUT2D eigenvalue weighted by atomic mass is 32.2. The molecule has 1 atom stereocenters. The molecular formula is C15H18FN2O5S-. The van der Waals surface area contributed by atoms with Crippen molar-refractivity contribution >= 4 is 21.9 Å². The van der Waals surface area contributed by atoms with Crippen LogP contribution in [0.25, 0.3) is 0 Å². The lowest BCUT2D eigenvalue weighted by atomic mass is 9.97. The van der Waals surface area contributed by atoms with Crippen molar-refractivity contribution in [2.45, 2.75) is 30.7 Å². The average molecular weight is 357 g/mol. The van der Waals surface area contributed by atoms with Gasteiger partial charge in [-0.2, -0.15) is 4.31 Å². The number of amides is 1. The van der Waals surface area contributed by atoms with Crippen LogP contribution in [0.4, 0.5) is 4.39 Å². The first-order valence-corrected chi connectivity index (χ1v) is 8.93. The smallest absolute Gasteiger partial charge is 0.243 e. The van der Waals surface area contributed by atoms with E-state index in [-0.39, 0.29) is 30.8 Å². The zero-order chi connectivity index (χ0) is 17.9. The Morgan fingerprint density at radius 3 is 2.29 bits per heavy atom. The van der Waals surface area contributed by atoms with Crippen molar-refractivity contribution in [2.24, 2.45) is 5.92 Å². The standard InChI is InChI=1S/C15H19FN2O5S/c1-10(15(20)21)17-14(19)11-6-8-18(9-7-11)24(22,23)13-4-2-12(16)3-5-13/h2-5,10-11H,6-9H2,1H3,(H,17,19)(H,20,21)/p-1/t10-/m0/s1. The van der Waals surface area contributed by atoms with Crippen LogP contribution < -0.4 is 10.4 Å². The van der Waals surface area contributed by atoms with E-state index in [1.807, 2.05) is 0 Å². The summed E-state index contributed by atoms with van der Waals surface area (Å²) in [5, 5.41) is 13.0.